The maximum atomic E-state index is 14.2. The van der Waals surface area contributed by atoms with Gasteiger partial charge in [0.25, 0.3) is 0 Å². The number of ketones is 4. The van der Waals surface area contributed by atoms with Gasteiger partial charge in [-0.25, -0.2) is 0 Å². The lowest BCUT2D eigenvalue weighted by molar-refractivity contribution is -0.181. The molecule has 4 aliphatic carbocycles. The number of Topliss-reactive ketones (excluding diaryl/α,β-unsaturated/α-hetero) is 4. The van der Waals surface area contributed by atoms with Crippen LogP contribution < -0.4 is 16.0 Å². The topological polar surface area (TPSA) is 170 Å². The molecule has 1 amide bonds. The number of benzene rings is 1. The van der Waals surface area contributed by atoms with Gasteiger partial charge in [0.15, 0.2) is 34.7 Å². The summed E-state index contributed by atoms with van der Waals surface area (Å²) in [6, 6.07) is 1.05. The number of nitrogens with two attached hydrogens (primary N) is 1. The van der Waals surface area contributed by atoms with E-state index in [4.69, 9.17) is 5.73 Å². The van der Waals surface area contributed by atoms with Crippen molar-refractivity contribution in [1.29, 1.82) is 0 Å². The first-order chi connectivity index (χ1) is 19.7. The van der Waals surface area contributed by atoms with E-state index in [1.165, 1.54) is 4.90 Å². The van der Waals surface area contributed by atoms with Crippen LogP contribution in [0.25, 0.3) is 0 Å². The Morgan fingerprint density at radius 1 is 1.07 bits per heavy atom. The first-order valence-corrected chi connectivity index (χ1v) is 14.8. The zero-order valence-corrected chi connectivity index (χ0v) is 25.0. The molecule has 5 N–H and O–H groups in total. The van der Waals surface area contributed by atoms with Crippen LogP contribution in [0, 0.1) is 29.6 Å². The van der Waals surface area contributed by atoms with Crippen molar-refractivity contribution in [3.05, 3.63) is 22.8 Å². The molecule has 4 aliphatic rings. The molecule has 3 unspecified atom stereocenters. The summed E-state index contributed by atoms with van der Waals surface area (Å²) in [5.41, 5.74) is 4.57. The number of nitrogens with one attached hydrogen (secondary N) is 1. The van der Waals surface area contributed by atoms with Crippen molar-refractivity contribution in [2.75, 3.05) is 33.1 Å². The molecule has 0 aliphatic heterocycles. The summed E-state index contributed by atoms with van der Waals surface area (Å²) in [7, 11) is 6.83. The van der Waals surface area contributed by atoms with E-state index in [0.717, 1.165) is 31.4 Å². The number of aliphatic hydroxyl groups is 1. The smallest absolute Gasteiger partial charge is 0.235 e. The van der Waals surface area contributed by atoms with Gasteiger partial charge in [-0.1, -0.05) is 6.92 Å². The van der Waals surface area contributed by atoms with Crippen LogP contribution in [0.5, 0.6) is 5.75 Å². The Morgan fingerprint density at radius 2 is 1.71 bits per heavy atom. The monoisotopic (exact) mass is 582 g/mol. The number of aromatic hydroxyl groups is 1. The van der Waals surface area contributed by atoms with Crippen LogP contribution >= 0.6 is 0 Å². The highest BCUT2D eigenvalue weighted by Crippen LogP contribution is 2.52. The Labute approximate surface area is 245 Å². The fourth-order valence-corrected chi connectivity index (χ4v) is 7.96. The lowest BCUT2D eigenvalue weighted by Gasteiger charge is -2.52. The molecule has 6 atom stereocenters. The molecule has 0 saturated heterocycles. The molecule has 1 aromatic rings. The van der Waals surface area contributed by atoms with E-state index >= 15 is 0 Å². The quantitative estimate of drug-likeness (QED) is 0.348. The fraction of sp³-hybridized carbons (Fsp3) is 0.645. The molecule has 5 rings (SSSR count). The maximum absolute atomic E-state index is 14.2. The minimum Gasteiger partial charge on any atom is -0.507 e. The summed E-state index contributed by atoms with van der Waals surface area (Å²) in [5.74, 6) is -9.61. The molecule has 11 nitrogen and oxygen atoms in total. The van der Waals surface area contributed by atoms with Crippen molar-refractivity contribution in [3.8, 4) is 5.75 Å². The highest BCUT2D eigenvalue weighted by Gasteiger charge is 2.69. The third-order valence-electron chi connectivity index (χ3n) is 10.2. The standard InChI is InChI=1S/C31H42N4O7/c1-14-6-8-17(9-7-14)33-13-16-12-20(34(2)3)18-10-15-11-19-24(35(4)5)27(38)23(30(32)41)29(40)31(19,42)28(39)21(15)26(37)22(18)25(16)36/h12,14-15,17,19,21,23-24,33,36,42H,6-11,13H2,1-5H3,(H2,32,41)/t14?,15-,17?,19-,21?,23?,24?,31-/m0/s1. The van der Waals surface area contributed by atoms with Gasteiger partial charge < -0.3 is 26.2 Å². The van der Waals surface area contributed by atoms with Crippen LogP contribution in [-0.2, 0) is 32.1 Å². The number of phenols is 1. The van der Waals surface area contributed by atoms with E-state index in [1.807, 2.05) is 25.1 Å². The van der Waals surface area contributed by atoms with Crippen molar-refractivity contribution in [2.45, 2.75) is 69.7 Å². The third kappa shape index (κ3) is 4.57. The second-order valence-electron chi connectivity index (χ2n) is 13.3. The van der Waals surface area contributed by atoms with Gasteiger partial charge in [-0.3, -0.25) is 28.9 Å². The molecule has 0 spiro atoms. The lowest BCUT2D eigenvalue weighted by Crippen LogP contribution is -2.74. The molecule has 0 heterocycles. The summed E-state index contributed by atoms with van der Waals surface area (Å²) < 4.78 is 0. The van der Waals surface area contributed by atoms with Gasteiger partial charge in [0.2, 0.25) is 5.91 Å². The van der Waals surface area contributed by atoms with Crippen molar-refractivity contribution < 1.29 is 34.2 Å². The molecule has 11 heteroatoms. The normalized spacial score (nSPS) is 34.6. The average molecular weight is 583 g/mol. The predicted octanol–water partition coefficient (Wildman–Crippen LogP) is 0.601. The summed E-state index contributed by atoms with van der Waals surface area (Å²) in [4.78, 5) is 70.5. The summed E-state index contributed by atoms with van der Waals surface area (Å²) in [6.45, 7) is 2.58. The number of anilines is 1. The number of phenolic OH excluding ortho intramolecular Hbond substituents is 1. The van der Waals surface area contributed by atoms with E-state index < -0.39 is 64.4 Å². The van der Waals surface area contributed by atoms with E-state index in [9.17, 15) is 34.2 Å². The molecule has 1 aromatic carbocycles. The van der Waals surface area contributed by atoms with E-state index in [1.54, 1.807) is 14.1 Å². The largest absolute Gasteiger partial charge is 0.507 e. The van der Waals surface area contributed by atoms with Crippen LogP contribution in [-0.4, -0.2) is 90.0 Å². The number of hydrogen-bond donors (Lipinski definition) is 4. The van der Waals surface area contributed by atoms with Gasteiger partial charge in [-0.05, 0) is 76.1 Å². The number of amides is 1. The number of nitrogens with zero attached hydrogens (tertiary/aromatic N) is 2. The second-order valence-corrected chi connectivity index (χ2v) is 13.3. The Morgan fingerprint density at radius 3 is 2.29 bits per heavy atom. The van der Waals surface area contributed by atoms with Gasteiger partial charge in [0.05, 0.1) is 17.5 Å². The highest BCUT2D eigenvalue weighted by molar-refractivity contribution is 6.32. The molecular weight excluding hydrogens is 540 g/mol. The molecule has 0 radical (unpaired) electrons. The summed E-state index contributed by atoms with van der Waals surface area (Å²) >= 11 is 0. The lowest BCUT2D eigenvalue weighted by atomic mass is 9.52. The van der Waals surface area contributed by atoms with Crippen molar-refractivity contribution >= 4 is 34.7 Å². The molecule has 228 valence electrons. The molecule has 0 bridgehead atoms. The van der Waals surface area contributed by atoms with Gasteiger partial charge >= 0.3 is 0 Å². The van der Waals surface area contributed by atoms with Gasteiger partial charge in [-0.15, -0.1) is 0 Å². The minimum atomic E-state index is -2.73. The Balaban J connectivity index is 1.55. The van der Waals surface area contributed by atoms with Crippen molar-refractivity contribution in [1.82, 2.24) is 10.2 Å². The molecule has 3 saturated carbocycles. The number of carbonyl (C=O) groups is 5. The minimum absolute atomic E-state index is 0.0287. The Kier molecular flexibility index (Phi) is 7.83. The van der Waals surface area contributed by atoms with Gasteiger partial charge in [0.1, 0.15) is 5.75 Å². The molecular formula is C31H42N4O7. The van der Waals surface area contributed by atoms with E-state index in [2.05, 4.69) is 12.2 Å². The van der Waals surface area contributed by atoms with Crippen LogP contribution in [0.1, 0.15) is 60.5 Å². The fourth-order valence-electron chi connectivity index (χ4n) is 7.96. The van der Waals surface area contributed by atoms with E-state index in [-0.39, 0.29) is 24.2 Å². The number of carbonyl (C=O) groups excluding carboxylic acids is 5. The molecule has 0 aromatic heterocycles. The van der Waals surface area contributed by atoms with Crippen LogP contribution in [0.2, 0.25) is 0 Å². The zero-order valence-electron chi connectivity index (χ0n) is 25.0. The Bertz CT molecular complexity index is 1350. The van der Waals surface area contributed by atoms with Crippen molar-refractivity contribution in [2.24, 2.45) is 35.3 Å². The molecule has 42 heavy (non-hydrogen) atoms. The third-order valence-corrected chi connectivity index (χ3v) is 10.2. The predicted molar refractivity (Wildman–Crippen MR) is 154 cm³/mol. The van der Waals surface area contributed by atoms with Gasteiger partial charge in [0, 0.05) is 43.9 Å². The summed E-state index contributed by atoms with van der Waals surface area (Å²) in [6.07, 6.45) is 4.57. The Hall–Kier alpha value is -3.15. The van der Waals surface area contributed by atoms with Gasteiger partial charge in [-0.2, -0.15) is 0 Å². The maximum Gasteiger partial charge on any atom is 0.235 e. The number of rotatable bonds is 6. The second kappa shape index (κ2) is 10.8. The SMILES string of the molecule is CC1CCC(NCc2cc(N(C)C)c3c(c2O)C(=O)C2C(=O)[C@]4(O)C(=O)C(C(N)=O)C(=O)C(N(C)C)[C@@H]4C[C@@H]2C3)CC1. The number of hydrogen-bond acceptors (Lipinski definition) is 10. The first-order valence-electron chi connectivity index (χ1n) is 14.8. The summed E-state index contributed by atoms with van der Waals surface area (Å²) in [5, 5.41) is 26.7. The number of likely N-dealkylation sites (N-methyl/N-ethyl adjacent to an activating group) is 1. The first kappa shape index (κ1) is 30.3. The van der Waals surface area contributed by atoms with Crippen LogP contribution in [0.4, 0.5) is 5.69 Å². The van der Waals surface area contributed by atoms with E-state index in [0.29, 0.717) is 29.6 Å². The molecule has 3 fully saturated rings. The average Bonchev–Trinajstić information content (AvgIpc) is 2.90. The van der Waals surface area contributed by atoms with Crippen LogP contribution in [0.3, 0.4) is 0 Å². The highest BCUT2D eigenvalue weighted by atomic mass is 16.3. The zero-order chi connectivity index (χ0) is 30.8. The van der Waals surface area contributed by atoms with Crippen LogP contribution in [0.15, 0.2) is 6.07 Å². The number of fused-ring (bicyclic) bond motifs is 3. The van der Waals surface area contributed by atoms with Crippen molar-refractivity contribution in [3.63, 3.8) is 0 Å². The number of primary amides is 1.